The monoisotopic (exact) mass is 301 g/mol. The van der Waals surface area contributed by atoms with Crippen LogP contribution in [0, 0.1) is 0 Å². The van der Waals surface area contributed by atoms with Crippen LogP contribution in [0.4, 0.5) is 5.69 Å². The minimum absolute atomic E-state index is 0.0399. The number of benzene rings is 2. The Morgan fingerprint density at radius 2 is 1.50 bits per heavy atom. The van der Waals surface area contributed by atoms with Crippen LogP contribution < -0.4 is 9.64 Å². The first-order chi connectivity index (χ1) is 10.5. The average Bonchev–Trinajstić information content (AvgIpc) is 2.56. The molecule has 5 nitrogen and oxygen atoms in total. The number of hydrogen-bond acceptors (Lipinski definition) is 5. The Hall–Kier alpha value is -2.82. The predicted octanol–water partition coefficient (Wildman–Crippen LogP) is 2.78. The molecule has 0 aliphatic carbocycles. The van der Waals surface area contributed by atoms with Crippen LogP contribution in [0.15, 0.2) is 42.5 Å². The number of methoxy groups -OCH3 is 1. The lowest BCUT2D eigenvalue weighted by molar-refractivity contribution is 0.111. The zero-order valence-corrected chi connectivity index (χ0v) is 12.8. The van der Waals surface area contributed by atoms with Crippen molar-refractivity contribution in [2.75, 3.05) is 26.1 Å². The molecule has 1 N–H and O–H groups in total. The van der Waals surface area contributed by atoms with Crippen LogP contribution in [0.3, 0.4) is 0 Å². The molecule has 2 aromatic rings. The van der Waals surface area contributed by atoms with E-state index in [9.17, 15) is 9.59 Å². The number of phenols is 1. The summed E-state index contributed by atoms with van der Waals surface area (Å²) in [5.41, 5.74) is 2.31. The van der Waals surface area contributed by atoms with Gasteiger partial charge < -0.3 is 14.7 Å². The van der Waals surface area contributed by atoms with Gasteiger partial charge in [-0.05, 0) is 42.5 Å². The number of ether oxygens (including phenoxy) is 1. The van der Waals surface area contributed by atoms with E-state index in [4.69, 9.17) is 9.84 Å². The molecule has 116 valence electrons. The summed E-state index contributed by atoms with van der Waals surface area (Å²) in [6, 6.07) is 11.9. The third-order valence-electron chi connectivity index (χ3n) is 2.89. The summed E-state index contributed by atoms with van der Waals surface area (Å²) in [6.07, 6.45) is 1.54. The maximum atomic E-state index is 10.3. The van der Waals surface area contributed by atoms with Gasteiger partial charge in [-0.15, -0.1) is 0 Å². The van der Waals surface area contributed by atoms with Crippen molar-refractivity contribution in [1.82, 2.24) is 0 Å². The number of hydrogen-bond donors (Lipinski definition) is 1. The minimum atomic E-state index is 0.0399. The molecular weight excluding hydrogens is 282 g/mol. The molecule has 0 unspecified atom stereocenters. The van der Waals surface area contributed by atoms with E-state index in [2.05, 4.69) is 0 Å². The van der Waals surface area contributed by atoms with Crippen LogP contribution in [0.5, 0.6) is 11.5 Å². The zero-order valence-electron chi connectivity index (χ0n) is 12.8. The molecule has 0 aliphatic rings. The van der Waals surface area contributed by atoms with E-state index in [1.165, 1.54) is 25.3 Å². The fraction of sp³-hybridized carbons (Fsp3) is 0.176. The van der Waals surface area contributed by atoms with Crippen LogP contribution in [-0.4, -0.2) is 38.9 Å². The normalized spacial score (nSPS) is 9.23. The maximum Gasteiger partial charge on any atom is 0.161 e. The third-order valence-corrected chi connectivity index (χ3v) is 2.89. The van der Waals surface area contributed by atoms with Crippen molar-refractivity contribution in [2.45, 2.75) is 0 Å². The van der Waals surface area contributed by atoms with Gasteiger partial charge in [-0.1, -0.05) is 0 Å². The Bertz CT molecular complexity index is 621. The largest absolute Gasteiger partial charge is 0.504 e. The number of phenolic OH excluding ortho intramolecular Hbond substituents is 1. The Labute approximate surface area is 129 Å². The second kappa shape index (κ2) is 8.46. The van der Waals surface area contributed by atoms with E-state index in [0.717, 1.165) is 17.5 Å². The number of nitrogens with zero attached hydrogens (tertiary/aromatic N) is 1. The van der Waals surface area contributed by atoms with Gasteiger partial charge in [0.15, 0.2) is 11.5 Å². The predicted molar refractivity (Wildman–Crippen MR) is 86.2 cm³/mol. The molecule has 0 bridgehead atoms. The highest BCUT2D eigenvalue weighted by Gasteiger charge is 2.00. The fourth-order valence-corrected chi connectivity index (χ4v) is 1.62. The second-order valence-electron chi connectivity index (χ2n) is 4.65. The molecule has 0 aromatic heterocycles. The summed E-state index contributed by atoms with van der Waals surface area (Å²) in [5.74, 6) is 0.354. The number of carbonyl (C=O) groups excluding carboxylic acids is 2. The molecule has 0 atom stereocenters. The van der Waals surface area contributed by atoms with E-state index in [0.29, 0.717) is 17.6 Å². The SMILES string of the molecule is CN(C)c1ccc(C=O)cc1.COc1cc(C=O)ccc1O. The molecule has 2 rings (SSSR count). The Kier molecular flexibility index (Phi) is 6.63. The third kappa shape index (κ3) is 4.94. The second-order valence-corrected chi connectivity index (χ2v) is 4.65. The molecule has 0 amide bonds. The summed E-state index contributed by atoms with van der Waals surface area (Å²) < 4.78 is 4.78. The maximum absolute atomic E-state index is 10.3. The highest BCUT2D eigenvalue weighted by Crippen LogP contribution is 2.25. The summed E-state index contributed by atoms with van der Waals surface area (Å²) in [5, 5.41) is 9.09. The highest BCUT2D eigenvalue weighted by molar-refractivity contribution is 5.76. The van der Waals surface area contributed by atoms with Crippen molar-refractivity contribution in [2.24, 2.45) is 0 Å². The molecule has 0 spiro atoms. The molecule has 0 fully saturated rings. The number of aromatic hydroxyl groups is 1. The van der Waals surface area contributed by atoms with Gasteiger partial charge >= 0.3 is 0 Å². The first-order valence-electron chi connectivity index (χ1n) is 6.56. The van der Waals surface area contributed by atoms with Gasteiger partial charge in [0.05, 0.1) is 7.11 Å². The molecule has 0 radical (unpaired) electrons. The Morgan fingerprint density at radius 3 is 1.95 bits per heavy atom. The lowest BCUT2D eigenvalue weighted by atomic mass is 10.2. The first-order valence-corrected chi connectivity index (χ1v) is 6.56. The number of aldehydes is 2. The van der Waals surface area contributed by atoms with Gasteiger partial charge in [-0.2, -0.15) is 0 Å². The zero-order chi connectivity index (χ0) is 16.5. The highest BCUT2D eigenvalue weighted by atomic mass is 16.5. The number of anilines is 1. The van der Waals surface area contributed by atoms with Crippen molar-refractivity contribution >= 4 is 18.3 Å². The van der Waals surface area contributed by atoms with Crippen LogP contribution in [-0.2, 0) is 0 Å². The van der Waals surface area contributed by atoms with Crippen LogP contribution >= 0.6 is 0 Å². The van der Waals surface area contributed by atoms with Gasteiger partial charge in [0.1, 0.15) is 12.6 Å². The van der Waals surface area contributed by atoms with Gasteiger partial charge in [0.2, 0.25) is 0 Å². The Morgan fingerprint density at radius 1 is 0.955 bits per heavy atom. The molecule has 0 aliphatic heterocycles. The van der Waals surface area contributed by atoms with Crippen LogP contribution in [0.1, 0.15) is 20.7 Å². The van der Waals surface area contributed by atoms with Gasteiger partial charge in [0, 0.05) is 30.9 Å². The summed E-state index contributed by atoms with van der Waals surface area (Å²) in [7, 11) is 5.37. The molecule has 0 heterocycles. The van der Waals surface area contributed by atoms with Gasteiger partial charge in [-0.3, -0.25) is 9.59 Å². The van der Waals surface area contributed by atoms with Crippen LogP contribution in [0.2, 0.25) is 0 Å². The smallest absolute Gasteiger partial charge is 0.161 e. The van der Waals surface area contributed by atoms with E-state index >= 15 is 0 Å². The number of carbonyl (C=O) groups is 2. The molecule has 0 saturated heterocycles. The van der Waals surface area contributed by atoms with E-state index < -0.39 is 0 Å². The lowest BCUT2D eigenvalue weighted by Crippen LogP contribution is -2.08. The summed E-state index contributed by atoms with van der Waals surface area (Å²) in [4.78, 5) is 22.5. The van der Waals surface area contributed by atoms with Crippen molar-refractivity contribution < 1.29 is 19.4 Å². The van der Waals surface area contributed by atoms with E-state index in [1.54, 1.807) is 0 Å². The standard InChI is InChI=1S/C9H11NO.C8H8O3/c1-10(2)9-5-3-8(7-11)4-6-9;1-11-8-4-6(5-9)2-3-7(8)10/h3-7H,1-2H3;2-5,10H,1H3. The van der Waals surface area contributed by atoms with Gasteiger partial charge in [-0.25, -0.2) is 0 Å². The first kappa shape index (κ1) is 17.2. The number of rotatable bonds is 4. The van der Waals surface area contributed by atoms with E-state index in [-0.39, 0.29) is 5.75 Å². The van der Waals surface area contributed by atoms with Crippen molar-refractivity contribution in [3.8, 4) is 11.5 Å². The minimum Gasteiger partial charge on any atom is -0.504 e. The molecule has 0 saturated carbocycles. The lowest BCUT2D eigenvalue weighted by Gasteiger charge is -2.11. The topological polar surface area (TPSA) is 66.8 Å². The summed E-state index contributed by atoms with van der Waals surface area (Å²) in [6.45, 7) is 0. The quantitative estimate of drug-likeness (QED) is 0.880. The summed E-state index contributed by atoms with van der Waals surface area (Å²) >= 11 is 0. The van der Waals surface area contributed by atoms with Crippen molar-refractivity contribution in [3.05, 3.63) is 53.6 Å². The molecular formula is C17H19NO4. The Balaban J connectivity index is 0.000000220. The molecule has 5 heteroatoms. The molecule has 22 heavy (non-hydrogen) atoms. The van der Waals surface area contributed by atoms with Crippen LogP contribution in [0.25, 0.3) is 0 Å². The van der Waals surface area contributed by atoms with Gasteiger partial charge in [0.25, 0.3) is 0 Å². The fourth-order valence-electron chi connectivity index (χ4n) is 1.62. The van der Waals surface area contributed by atoms with Crippen molar-refractivity contribution in [3.63, 3.8) is 0 Å². The van der Waals surface area contributed by atoms with E-state index in [1.807, 2.05) is 43.3 Å². The molecule has 2 aromatic carbocycles. The average molecular weight is 301 g/mol. The van der Waals surface area contributed by atoms with Crippen molar-refractivity contribution in [1.29, 1.82) is 0 Å².